The first-order chi connectivity index (χ1) is 13.3. The van der Waals surface area contributed by atoms with Crippen LogP contribution in [0.4, 0.5) is 18.9 Å². The number of halogens is 3. The summed E-state index contributed by atoms with van der Waals surface area (Å²) in [6.45, 7) is 1.63. The highest BCUT2D eigenvalue weighted by molar-refractivity contribution is 5.49. The fourth-order valence-corrected chi connectivity index (χ4v) is 4.89. The van der Waals surface area contributed by atoms with Crippen molar-refractivity contribution in [3.8, 4) is 5.75 Å². The normalized spacial score (nSPS) is 19.8. The summed E-state index contributed by atoms with van der Waals surface area (Å²) in [6, 6.07) is 4.31. The fraction of sp³-hybridized carbons (Fsp3) is 0.500. The minimum absolute atomic E-state index is 0.0919. The Morgan fingerprint density at radius 2 is 1.93 bits per heavy atom. The number of aliphatic hydroxyl groups excluding tert-OH is 1. The van der Waals surface area contributed by atoms with Crippen LogP contribution in [0.5, 0.6) is 5.75 Å². The molecule has 0 aromatic carbocycles. The van der Waals surface area contributed by atoms with Crippen LogP contribution in [0.25, 0.3) is 0 Å². The fourth-order valence-electron chi connectivity index (χ4n) is 4.89. The number of alkyl halides is 3. The number of aliphatic hydroxyl groups is 1. The van der Waals surface area contributed by atoms with E-state index in [-0.39, 0.29) is 17.4 Å². The van der Waals surface area contributed by atoms with Gasteiger partial charge in [-0.1, -0.05) is 0 Å². The third-order valence-electron chi connectivity index (χ3n) is 5.94. The van der Waals surface area contributed by atoms with Crippen LogP contribution in [-0.2, 0) is 12.6 Å². The molecule has 2 aliphatic rings. The average Bonchev–Trinajstić information content (AvgIpc) is 2.62. The van der Waals surface area contributed by atoms with E-state index in [1.54, 1.807) is 19.5 Å². The van der Waals surface area contributed by atoms with Crippen LogP contribution in [0.2, 0.25) is 0 Å². The highest BCUT2D eigenvalue weighted by atomic mass is 19.4. The Morgan fingerprint density at radius 1 is 1.18 bits per heavy atom. The van der Waals surface area contributed by atoms with Crippen molar-refractivity contribution in [3.05, 3.63) is 48.0 Å². The van der Waals surface area contributed by atoms with Crippen LogP contribution < -0.4 is 9.64 Å². The number of anilines is 1. The van der Waals surface area contributed by atoms with Crippen LogP contribution in [0.1, 0.15) is 24.1 Å². The molecule has 150 valence electrons. The maximum atomic E-state index is 12.6. The third kappa shape index (κ3) is 3.30. The highest BCUT2D eigenvalue weighted by Gasteiger charge is 2.59. The molecule has 1 aliphatic carbocycles. The topological polar surface area (TPSA) is 58.5 Å². The second kappa shape index (κ2) is 6.62. The van der Waals surface area contributed by atoms with Gasteiger partial charge in [0.05, 0.1) is 19.0 Å². The minimum atomic E-state index is -4.42. The number of pyridine rings is 2. The van der Waals surface area contributed by atoms with Crippen LogP contribution in [0.15, 0.2) is 36.8 Å². The van der Waals surface area contributed by atoms with E-state index >= 15 is 0 Å². The van der Waals surface area contributed by atoms with Gasteiger partial charge >= 0.3 is 6.18 Å². The SMILES string of the molecule is COc1ccncc1CC1(CO)CC2(CN(c3ccc(C(F)(F)F)nc3)C2)C1. The molecule has 2 aromatic rings. The lowest BCUT2D eigenvalue weighted by atomic mass is 9.48. The molecular weight excluding hydrogens is 371 g/mol. The average molecular weight is 393 g/mol. The van der Waals surface area contributed by atoms with E-state index in [2.05, 4.69) is 9.97 Å². The Kier molecular flexibility index (Phi) is 4.49. The third-order valence-corrected chi connectivity index (χ3v) is 5.94. The second-order valence-electron chi connectivity index (χ2n) is 8.13. The first-order valence-corrected chi connectivity index (χ1v) is 9.14. The lowest BCUT2D eigenvalue weighted by Gasteiger charge is -2.64. The Morgan fingerprint density at radius 3 is 2.50 bits per heavy atom. The zero-order valence-electron chi connectivity index (χ0n) is 15.5. The minimum Gasteiger partial charge on any atom is -0.496 e. The summed E-state index contributed by atoms with van der Waals surface area (Å²) in [5.41, 5.74) is 0.729. The molecule has 1 N–H and O–H groups in total. The van der Waals surface area contributed by atoms with Crippen molar-refractivity contribution < 1.29 is 23.0 Å². The van der Waals surface area contributed by atoms with Gasteiger partial charge in [0.1, 0.15) is 11.4 Å². The van der Waals surface area contributed by atoms with Crippen molar-refractivity contribution in [2.45, 2.75) is 25.4 Å². The number of hydrogen-bond acceptors (Lipinski definition) is 5. The molecule has 0 unspecified atom stereocenters. The van der Waals surface area contributed by atoms with Crippen molar-refractivity contribution >= 4 is 5.69 Å². The van der Waals surface area contributed by atoms with Gasteiger partial charge in [0.15, 0.2) is 0 Å². The monoisotopic (exact) mass is 393 g/mol. The predicted octanol–water partition coefficient (Wildman–Crippen LogP) is 3.33. The largest absolute Gasteiger partial charge is 0.496 e. The summed E-state index contributed by atoms with van der Waals surface area (Å²) in [5.74, 6) is 0.773. The molecule has 0 atom stereocenters. The maximum absolute atomic E-state index is 12.6. The lowest BCUT2D eigenvalue weighted by Crippen LogP contribution is -2.67. The maximum Gasteiger partial charge on any atom is 0.433 e. The Labute approximate surface area is 161 Å². The van der Waals surface area contributed by atoms with Gasteiger partial charge in [-0.2, -0.15) is 13.2 Å². The van der Waals surface area contributed by atoms with Crippen molar-refractivity contribution in [1.82, 2.24) is 9.97 Å². The van der Waals surface area contributed by atoms with Gasteiger partial charge < -0.3 is 14.7 Å². The van der Waals surface area contributed by atoms with Crippen molar-refractivity contribution in [2.24, 2.45) is 10.8 Å². The Hall–Kier alpha value is -2.35. The molecule has 2 fully saturated rings. The summed E-state index contributed by atoms with van der Waals surface area (Å²) in [7, 11) is 1.62. The van der Waals surface area contributed by atoms with Gasteiger partial charge in [-0.05, 0) is 42.9 Å². The van der Waals surface area contributed by atoms with Crippen molar-refractivity contribution in [1.29, 1.82) is 0 Å². The first-order valence-electron chi connectivity index (χ1n) is 9.14. The van der Waals surface area contributed by atoms with E-state index < -0.39 is 11.9 Å². The van der Waals surface area contributed by atoms with E-state index in [1.165, 1.54) is 12.3 Å². The summed E-state index contributed by atoms with van der Waals surface area (Å²) in [6.07, 6.45) is 2.77. The molecule has 4 rings (SSSR count). The van der Waals surface area contributed by atoms with Gasteiger partial charge in [-0.3, -0.25) is 4.98 Å². The molecule has 0 radical (unpaired) electrons. The molecule has 1 spiro atoms. The second-order valence-corrected chi connectivity index (χ2v) is 8.13. The van der Waals surface area contributed by atoms with Crippen molar-refractivity contribution in [2.75, 3.05) is 31.7 Å². The van der Waals surface area contributed by atoms with Gasteiger partial charge in [0.25, 0.3) is 0 Å². The molecule has 1 saturated carbocycles. The number of nitrogens with zero attached hydrogens (tertiary/aromatic N) is 3. The smallest absolute Gasteiger partial charge is 0.433 e. The standard InChI is InChI=1S/C20H22F3N3O2/c1-28-16-4-5-24-7-14(16)6-18(13-27)9-19(10-18)11-26(12-19)15-2-3-17(25-8-15)20(21,22)23/h2-5,7-8,27H,6,9-13H2,1H3. The molecule has 28 heavy (non-hydrogen) atoms. The van der Waals surface area contributed by atoms with Crippen LogP contribution in [0.3, 0.4) is 0 Å². The highest BCUT2D eigenvalue weighted by Crippen LogP contribution is 2.60. The molecule has 3 heterocycles. The number of methoxy groups -OCH3 is 1. The van der Waals surface area contributed by atoms with Gasteiger partial charge in [-0.25, -0.2) is 4.98 Å². The summed E-state index contributed by atoms with van der Waals surface area (Å²) in [5, 5.41) is 10.0. The van der Waals surface area contributed by atoms with Crippen LogP contribution >= 0.6 is 0 Å². The molecule has 2 aromatic heterocycles. The molecular formula is C20H22F3N3O2. The van der Waals surface area contributed by atoms with E-state index in [4.69, 9.17) is 4.74 Å². The zero-order chi connectivity index (χ0) is 20.0. The lowest BCUT2D eigenvalue weighted by molar-refractivity contribution is -0.141. The zero-order valence-corrected chi connectivity index (χ0v) is 15.5. The summed E-state index contributed by atoms with van der Waals surface area (Å²) >= 11 is 0. The summed E-state index contributed by atoms with van der Waals surface area (Å²) in [4.78, 5) is 9.74. The van der Waals surface area contributed by atoms with Gasteiger partial charge in [-0.15, -0.1) is 0 Å². The van der Waals surface area contributed by atoms with Crippen LogP contribution in [0, 0.1) is 10.8 Å². The molecule has 0 amide bonds. The Balaban J connectivity index is 1.38. The Bertz CT molecular complexity index is 841. The van der Waals surface area contributed by atoms with Gasteiger partial charge in [0, 0.05) is 43.1 Å². The number of rotatable bonds is 5. The molecule has 5 nitrogen and oxygen atoms in total. The van der Waals surface area contributed by atoms with E-state index in [1.807, 2.05) is 11.0 Å². The van der Waals surface area contributed by atoms with E-state index in [9.17, 15) is 18.3 Å². The first kappa shape index (κ1) is 19.0. The molecule has 1 saturated heterocycles. The van der Waals surface area contributed by atoms with E-state index in [0.29, 0.717) is 12.1 Å². The predicted molar refractivity (Wildman–Crippen MR) is 97.1 cm³/mol. The van der Waals surface area contributed by atoms with Gasteiger partial charge in [0.2, 0.25) is 0 Å². The van der Waals surface area contributed by atoms with Crippen LogP contribution in [-0.4, -0.2) is 41.9 Å². The quantitative estimate of drug-likeness (QED) is 0.845. The molecule has 8 heteroatoms. The number of aromatic nitrogens is 2. The number of hydrogen-bond donors (Lipinski definition) is 1. The molecule has 1 aliphatic heterocycles. The summed E-state index contributed by atoms with van der Waals surface area (Å²) < 4.78 is 43.3. The van der Waals surface area contributed by atoms with Crippen molar-refractivity contribution in [3.63, 3.8) is 0 Å². The number of ether oxygens (including phenoxy) is 1. The van der Waals surface area contributed by atoms with E-state index in [0.717, 1.165) is 43.3 Å². The molecule has 0 bridgehead atoms.